The van der Waals surface area contributed by atoms with Gasteiger partial charge >= 0.3 is 0 Å². The molecule has 3 aromatic heterocycles. The molecule has 0 aliphatic carbocycles. The van der Waals surface area contributed by atoms with Gasteiger partial charge in [0.05, 0.1) is 21.9 Å². The van der Waals surface area contributed by atoms with Crippen LogP contribution in [0, 0.1) is 17.0 Å². The molecule has 11 heteroatoms. The van der Waals surface area contributed by atoms with E-state index in [1.54, 1.807) is 42.6 Å². The third-order valence-electron chi connectivity index (χ3n) is 5.47. The summed E-state index contributed by atoms with van der Waals surface area (Å²) >= 11 is 7.12. The highest BCUT2D eigenvalue weighted by molar-refractivity contribution is 7.12. The van der Waals surface area contributed by atoms with Crippen LogP contribution in [0.25, 0.3) is 27.6 Å². The first kappa shape index (κ1) is 23.3. The second kappa shape index (κ2) is 8.99. The minimum absolute atomic E-state index is 0.0322. The standard InChI is InChI=1S/C25H16ClN3O6S/c1-13-5-10-19(35-13)22(30)20-21(15-3-2-4-17(11-15)29(33)34)28(24(32)23(20)31)25-27-18(12-36-25)14-6-8-16(26)9-7-14/h2-12,31-32H,1H3. The number of halogens is 1. The molecule has 0 radical (unpaired) electrons. The van der Waals surface area contributed by atoms with Crippen LogP contribution in [0.1, 0.15) is 21.9 Å². The Morgan fingerprint density at radius 1 is 1.11 bits per heavy atom. The second-order valence-electron chi connectivity index (χ2n) is 7.80. The topological polar surface area (TPSA) is 132 Å². The molecule has 2 aromatic carbocycles. The van der Waals surface area contributed by atoms with Gasteiger partial charge in [-0.25, -0.2) is 4.98 Å². The van der Waals surface area contributed by atoms with Gasteiger partial charge < -0.3 is 14.6 Å². The molecule has 3 heterocycles. The van der Waals surface area contributed by atoms with E-state index in [0.717, 1.165) is 16.9 Å². The van der Waals surface area contributed by atoms with E-state index in [2.05, 4.69) is 4.98 Å². The van der Waals surface area contributed by atoms with Gasteiger partial charge in [0.25, 0.3) is 5.69 Å². The average molecular weight is 522 g/mol. The van der Waals surface area contributed by atoms with Crippen molar-refractivity contribution in [1.29, 1.82) is 0 Å². The lowest BCUT2D eigenvalue weighted by Crippen LogP contribution is -2.04. The Bertz CT molecular complexity index is 1630. The normalized spacial score (nSPS) is 11.1. The molecule has 0 amide bonds. The van der Waals surface area contributed by atoms with E-state index in [1.165, 1.54) is 34.9 Å². The number of thiazole rings is 1. The molecule has 0 aliphatic heterocycles. The summed E-state index contributed by atoms with van der Waals surface area (Å²) < 4.78 is 6.65. The van der Waals surface area contributed by atoms with E-state index >= 15 is 0 Å². The van der Waals surface area contributed by atoms with Crippen molar-refractivity contribution in [2.75, 3.05) is 0 Å². The van der Waals surface area contributed by atoms with Crippen LogP contribution in [0.5, 0.6) is 11.6 Å². The predicted octanol–water partition coefficient (Wildman–Crippen LogP) is 6.37. The van der Waals surface area contributed by atoms with Crippen molar-refractivity contribution in [3.63, 3.8) is 0 Å². The highest BCUT2D eigenvalue weighted by atomic mass is 35.5. The van der Waals surface area contributed by atoms with Gasteiger partial charge in [0.1, 0.15) is 5.76 Å². The Labute approximate surface area is 212 Å². The van der Waals surface area contributed by atoms with Crippen molar-refractivity contribution >= 4 is 34.4 Å². The third kappa shape index (κ3) is 4.02. The molecule has 0 spiro atoms. The zero-order valence-corrected chi connectivity index (χ0v) is 20.1. The van der Waals surface area contributed by atoms with Crippen LogP contribution in [-0.2, 0) is 0 Å². The molecule has 9 nitrogen and oxygen atoms in total. The number of carbonyl (C=O) groups is 1. The Hall–Kier alpha value is -4.41. The predicted molar refractivity (Wildman–Crippen MR) is 134 cm³/mol. The Morgan fingerprint density at radius 2 is 1.86 bits per heavy atom. The molecule has 2 N–H and O–H groups in total. The lowest BCUT2D eigenvalue weighted by atomic mass is 10.0. The molecule has 0 bridgehead atoms. The minimum Gasteiger partial charge on any atom is -0.503 e. The minimum atomic E-state index is -0.703. The van der Waals surface area contributed by atoms with Crippen LogP contribution in [-0.4, -0.2) is 30.5 Å². The van der Waals surface area contributed by atoms with Crippen molar-refractivity contribution in [2.24, 2.45) is 0 Å². The van der Waals surface area contributed by atoms with Crippen molar-refractivity contribution in [3.8, 4) is 39.3 Å². The molecule has 0 atom stereocenters. The fourth-order valence-electron chi connectivity index (χ4n) is 3.79. The molecular weight excluding hydrogens is 506 g/mol. The smallest absolute Gasteiger partial charge is 0.270 e. The van der Waals surface area contributed by atoms with Gasteiger partial charge in [-0.2, -0.15) is 0 Å². The van der Waals surface area contributed by atoms with E-state index in [9.17, 15) is 25.1 Å². The molecule has 5 rings (SSSR count). The number of nitro groups is 1. The fraction of sp³-hybridized carbons (Fsp3) is 0.0400. The first-order chi connectivity index (χ1) is 17.2. The van der Waals surface area contributed by atoms with Gasteiger partial charge in [0, 0.05) is 33.7 Å². The van der Waals surface area contributed by atoms with E-state index < -0.39 is 22.3 Å². The Kier molecular flexibility index (Phi) is 5.83. The monoisotopic (exact) mass is 521 g/mol. The van der Waals surface area contributed by atoms with Crippen LogP contribution in [0.4, 0.5) is 5.69 Å². The maximum absolute atomic E-state index is 13.4. The summed E-state index contributed by atoms with van der Waals surface area (Å²) in [6.07, 6.45) is 0. The number of hydrogen-bond acceptors (Lipinski definition) is 8. The van der Waals surface area contributed by atoms with Gasteiger partial charge in [-0.1, -0.05) is 35.9 Å². The lowest BCUT2D eigenvalue weighted by Gasteiger charge is -2.09. The van der Waals surface area contributed by atoms with Crippen LogP contribution in [0.15, 0.2) is 70.5 Å². The zero-order chi connectivity index (χ0) is 25.6. The van der Waals surface area contributed by atoms with Crippen molar-refractivity contribution in [1.82, 2.24) is 9.55 Å². The lowest BCUT2D eigenvalue weighted by molar-refractivity contribution is -0.384. The number of nitrogens with zero attached hydrogens (tertiary/aromatic N) is 3. The van der Waals surface area contributed by atoms with E-state index in [1.807, 2.05) is 0 Å². The molecule has 5 aromatic rings. The number of aromatic nitrogens is 2. The van der Waals surface area contributed by atoms with Gasteiger partial charge in [-0.05, 0) is 31.2 Å². The van der Waals surface area contributed by atoms with Crippen LogP contribution in [0.2, 0.25) is 5.02 Å². The quantitative estimate of drug-likeness (QED) is 0.151. The molecule has 0 aliphatic rings. The maximum atomic E-state index is 13.4. The molecule has 36 heavy (non-hydrogen) atoms. The number of aryl methyl sites for hydroxylation is 1. The number of non-ortho nitro benzene ring substituents is 1. The number of aromatic hydroxyl groups is 2. The summed E-state index contributed by atoms with van der Waals surface area (Å²) in [5, 5.41) is 35.8. The average Bonchev–Trinajstić information content (AvgIpc) is 3.58. The van der Waals surface area contributed by atoms with Gasteiger partial charge in [-0.15, -0.1) is 11.3 Å². The number of benzene rings is 2. The highest BCUT2D eigenvalue weighted by Crippen LogP contribution is 2.45. The summed E-state index contributed by atoms with van der Waals surface area (Å²) in [6, 6.07) is 15.6. The summed E-state index contributed by atoms with van der Waals surface area (Å²) in [5.41, 5.74) is 1.08. The van der Waals surface area contributed by atoms with Crippen molar-refractivity contribution < 1.29 is 24.3 Å². The summed E-state index contributed by atoms with van der Waals surface area (Å²) in [6.45, 7) is 1.66. The van der Waals surface area contributed by atoms with Crippen molar-refractivity contribution in [3.05, 3.63) is 98.3 Å². The summed E-state index contributed by atoms with van der Waals surface area (Å²) in [5.74, 6) is -1.62. The summed E-state index contributed by atoms with van der Waals surface area (Å²) in [4.78, 5) is 28.8. The zero-order valence-electron chi connectivity index (χ0n) is 18.5. The first-order valence-electron chi connectivity index (χ1n) is 10.5. The highest BCUT2D eigenvalue weighted by Gasteiger charge is 2.32. The van der Waals surface area contributed by atoms with Gasteiger partial charge in [0.2, 0.25) is 11.7 Å². The fourth-order valence-corrected chi connectivity index (χ4v) is 4.76. The Balaban J connectivity index is 1.75. The van der Waals surface area contributed by atoms with E-state index in [4.69, 9.17) is 16.0 Å². The van der Waals surface area contributed by atoms with E-state index in [-0.39, 0.29) is 33.4 Å². The first-order valence-corrected chi connectivity index (χ1v) is 11.7. The van der Waals surface area contributed by atoms with Crippen LogP contribution in [0.3, 0.4) is 0 Å². The van der Waals surface area contributed by atoms with E-state index in [0.29, 0.717) is 16.5 Å². The third-order valence-corrected chi connectivity index (χ3v) is 6.54. The number of ketones is 1. The van der Waals surface area contributed by atoms with Gasteiger partial charge in [-0.3, -0.25) is 19.5 Å². The molecule has 180 valence electrons. The largest absolute Gasteiger partial charge is 0.503 e. The number of furan rings is 1. The maximum Gasteiger partial charge on any atom is 0.270 e. The summed E-state index contributed by atoms with van der Waals surface area (Å²) in [7, 11) is 0. The number of nitro benzene ring substituents is 1. The number of hydrogen-bond donors (Lipinski definition) is 2. The molecule has 0 saturated heterocycles. The number of carbonyl (C=O) groups excluding carboxylic acids is 1. The van der Waals surface area contributed by atoms with Crippen LogP contribution >= 0.6 is 22.9 Å². The SMILES string of the molecule is Cc1ccc(C(=O)c2c(O)c(O)n(-c3nc(-c4ccc(Cl)cc4)cs3)c2-c2cccc([N+](=O)[O-])c2)o1. The molecule has 0 fully saturated rings. The molecule has 0 unspecified atom stereocenters. The number of rotatable bonds is 6. The molecular formula is C25H16ClN3O6S. The van der Waals surface area contributed by atoms with Crippen LogP contribution < -0.4 is 0 Å². The Morgan fingerprint density at radius 3 is 2.53 bits per heavy atom. The molecule has 0 saturated carbocycles. The second-order valence-corrected chi connectivity index (χ2v) is 9.07. The van der Waals surface area contributed by atoms with Crippen molar-refractivity contribution in [2.45, 2.75) is 6.92 Å². The van der Waals surface area contributed by atoms with Gasteiger partial charge in [0.15, 0.2) is 16.6 Å².